The highest BCUT2D eigenvalue weighted by Crippen LogP contribution is 2.34. The highest BCUT2D eigenvalue weighted by Gasteiger charge is 2.34. The highest BCUT2D eigenvalue weighted by molar-refractivity contribution is 5.48. The number of ether oxygens (including phenoxy) is 2. The van der Waals surface area contributed by atoms with Gasteiger partial charge in [0.25, 0.3) is 0 Å². The van der Waals surface area contributed by atoms with Crippen LogP contribution in [0.15, 0.2) is 36.4 Å². The molecule has 0 saturated carbocycles. The van der Waals surface area contributed by atoms with Crippen molar-refractivity contribution in [1.82, 2.24) is 0 Å². The molecule has 0 aliphatic carbocycles. The fourth-order valence-corrected chi connectivity index (χ4v) is 2.55. The van der Waals surface area contributed by atoms with E-state index < -0.39 is 0 Å². The zero-order chi connectivity index (χ0) is 14.3. The van der Waals surface area contributed by atoms with Gasteiger partial charge in [0.2, 0.25) is 0 Å². The smallest absolute Gasteiger partial charge is 0.177 e. The predicted octanol–water partition coefficient (Wildman–Crippen LogP) is 4.66. The van der Waals surface area contributed by atoms with Crippen LogP contribution in [0.1, 0.15) is 45.1 Å². The molecule has 0 radical (unpaired) electrons. The van der Waals surface area contributed by atoms with E-state index in [4.69, 9.17) is 9.47 Å². The number of rotatable bonds is 6. The molecule has 2 rings (SSSR count). The molecule has 0 N–H and O–H groups in total. The van der Waals surface area contributed by atoms with E-state index in [9.17, 15) is 0 Å². The minimum Gasteiger partial charge on any atom is -0.348 e. The molecule has 1 aromatic carbocycles. The first-order chi connectivity index (χ1) is 9.78. The Morgan fingerprint density at radius 2 is 1.85 bits per heavy atom. The van der Waals surface area contributed by atoms with E-state index in [1.54, 1.807) is 0 Å². The summed E-state index contributed by atoms with van der Waals surface area (Å²) in [6.07, 6.45) is 8.70. The molecular weight excluding hydrogens is 248 g/mol. The lowest BCUT2D eigenvalue weighted by Gasteiger charge is -2.38. The SMILES string of the molecule is CCCCC1(CC)COC(C=Cc2ccccc2)OC1. The van der Waals surface area contributed by atoms with Crippen LogP contribution in [0.25, 0.3) is 6.08 Å². The van der Waals surface area contributed by atoms with Crippen LogP contribution < -0.4 is 0 Å². The second-order valence-corrected chi connectivity index (χ2v) is 5.72. The van der Waals surface area contributed by atoms with Crippen LogP contribution in [-0.2, 0) is 9.47 Å². The molecule has 0 bridgehead atoms. The minimum atomic E-state index is -0.198. The molecule has 20 heavy (non-hydrogen) atoms. The Hall–Kier alpha value is -1.12. The summed E-state index contributed by atoms with van der Waals surface area (Å²) in [4.78, 5) is 0. The van der Waals surface area contributed by atoms with Crippen LogP contribution in [-0.4, -0.2) is 19.5 Å². The fourth-order valence-electron chi connectivity index (χ4n) is 2.55. The van der Waals surface area contributed by atoms with Crippen molar-refractivity contribution in [3.63, 3.8) is 0 Å². The molecule has 1 fully saturated rings. The first kappa shape index (κ1) is 15.3. The number of benzene rings is 1. The second kappa shape index (κ2) is 7.61. The van der Waals surface area contributed by atoms with Crippen LogP contribution >= 0.6 is 0 Å². The molecule has 0 amide bonds. The molecule has 110 valence electrons. The molecule has 1 heterocycles. The van der Waals surface area contributed by atoms with Gasteiger partial charge in [0.1, 0.15) is 0 Å². The van der Waals surface area contributed by atoms with E-state index in [-0.39, 0.29) is 11.7 Å². The molecule has 1 saturated heterocycles. The van der Waals surface area contributed by atoms with Gasteiger partial charge in [-0.1, -0.05) is 63.1 Å². The van der Waals surface area contributed by atoms with E-state index in [0.717, 1.165) is 19.6 Å². The molecule has 0 aromatic heterocycles. The molecule has 0 spiro atoms. The number of unbranched alkanes of at least 4 members (excludes halogenated alkanes) is 1. The van der Waals surface area contributed by atoms with Gasteiger partial charge >= 0.3 is 0 Å². The van der Waals surface area contributed by atoms with Gasteiger partial charge in [0.15, 0.2) is 6.29 Å². The first-order valence-corrected chi connectivity index (χ1v) is 7.74. The average molecular weight is 274 g/mol. The van der Waals surface area contributed by atoms with Crippen molar-refractivity contribution in [2.45, 2.75) is 45.8 Å². The third kappa shape index (κ3) is 4.19. The second-order valence-electron chi connectivity index (χ2n) is 5.72. The maximum Gasteiger partial charge on any atom is 0.177 e. The van der Waals surface area contributed by atoms with E-state index in [1.165, 1.54) is 24.8 Å². The number of hydrogen-bond acceptors (Lipinski definition) is 2. The van der Waals surface area contributed by atoms with E-state index in [0.29, 0.717) is 0 Å². The lowest BCUT2D eigenvalue weighted by molar-refractivity contribution is -0.209. The monoisotopic (exact) mass is 274 g/mol. The van der Waals surface area contributed by atoms with Crippen LogP contribution in [0.4, 0.5) is 0 Å². The van der Waals surface area contributed by atoms with Crippen molar-refractivity contribution >= 4 is 6.08 Å². The zero-order valence-corrected chi connectivity index (χ0v) is 12.7. The normalized spacial score (nSPS) is 27.0. The summed E-state index contributed by atoms with van der Waals surface area (Å²) in [5, 5.41) is 0. The number of hydrogen-bond donors (Lipinski definition) is 0. The Morgan fingerprint density at radius 3 is 2.45 bits per heavy atom. The van der Waals surface area contributed by atoms with Gasteiger partial charge in [-0.15, -0.1) is 0 Å². The summed E-state index contributed by atoms with van der Waals surface area (Å²) in [5.74, 6) is 0. The molecule has 1 aliphatic rings. The molecule has 0 atom stereocenters. The highest BCUT2D eigenvalue weighted by atomic mass is 16.7. The van der Waals surface area contributed by atoms with Crippen molar-refractivity contribution in [2.24, 2.45) is 5.41 Å². The molecule has 1 aromatic rings. The van der Waals surface area contributed by atoms with Gasteiger partial charge in [-0.3, -0.25) is 0 Å². The Labute approximate surface area is 122 Å². The van der Waals surface area contributed by atoms with Crippen molar-refractivity contribution in [2.75, 3.05) is 13.2 Å². The van der Waals surface area contributed by atoms with E-state index >= 15 is 0 Å². The van der Waals surface area contributed by atoms with Crippen molar-refractivity contribution in [3.05, 3.63) is 42.0 Å². The lowest BCUT2D eigenvalue weighted by atomic mass is 9.81. The summed E-state index contributed by atoms with van der Waals surface area (Å²) in [7, 11) is 0. The zero-order valence-electron chi connectivity index (χ0n) is 12.7. The molecular formula is C18H26O2. The summed E-state index contributed by atoms with van der Waals surface area (Å²) in [5.41, 5.74) is 1.41. The van der Waals surface area contributed by atoms with Crippen LogP contribution in [0.3, 0.4) is 0 Å². The third-order valence-corrected chi connectivity index (χ3v) is 4.16. The van der Waals surface area contributed by atoms with Gasteiger partial charge in [-0.05, 0) is 24.5 Å². The van der Waals surface area contributed by atoms with Gasteiger partial charge < -0.3 is 9.47 Å². The van der Waals surface area contributed by atoms with Crippen LogP contribution in [0.2, 0.25) is 0 Å². The van der Waals surface area contributed by atoms with Crippen LogP contribution in [0.5, 0.6) is 0 Å². The Balaban J connectivity index is 1.86. The van der Waals surface area contributed by atoms with E-state index in [2.05, 4.69) is 32.1 Å². The van der Waals surface area contributed by atoms with E-state index in [1.807, 2.05) is 24.3 Å². The standard InChI is InChI=1S/C18H26O2/c1-3-5-13-18(4-2)14-19-17(20-15-18)12-11-16-9-7-6-8-10-16/h6-12,17H,3-5,13-15H2,1-2H3. The predicted molar refractivity (Wildman–Crippen MR) is 83.4 cm³/mol. The maximum atomic E-state index is 5.89. The summed E-state index contributed by atoms with van der Waals surface area (Å²) in [6.45, 7) is 6.10. The van der Waals surface area contributed by atoms with Crippen molar-refractivity contribution in [3.8, 4) is 0 Å². The summed E-state index contributed by atoms with van der Waals surface area (Å²) >= 11 is 0. The first-order valence-electron chi connectivity index (χ1n) is 7.74. The van der Waals surface area contributed by atoms with Gasteiger partial charge in [0, 0.05) is 5.41 Å². The van der Waals surface area contributed by atoms with Gasteiger partial charge in [-0.25, -0.2) is 0 Å². The van der Waals surface area contributed by atoms with Gasteiger partial charge in [0.05, 0.1) is 13.2 Å². The van der Waals surface area contributed by atoms with Crippen molar-refractivity contribution in [1.29, 1.82) is 0 Å². The maximum absolute atomic E-state index is 5.89. The molecule has 0 unspecified atom stereocenters. The third-order valence-electron chi connectivity index (χ3n) is 4.16. The fraction of sp³-hybridized carbons (Fsp3) is 0.556. The Bertz CT molecular complexity index is 403. The lowest BCUT2D eigenvalue weighted by Crippen LogP contribution is -2.40. The van der Waals surface area contributed by atoms with Crippen LogP contribution in [0, 0.1) is 5.41 Å². The molecule has 1 aliphatic heterocycles. The van der Waals surface area contributed by atoms with Gasteiger partial charge in [-0.2, -0.15) is 0 Å². The topological polar surface area (TPSA) is 18.5 Å². The summed E-state index contributed by atoms with van der Waals surface area (Å²) in [6, 6.07) is 10.3. The molecule has 2 heteroatoms. The summed E-state index contributed by atoms with van der Waals surface area (Å²) < 4.78 is 11.8. The minimum absolute atomic E-state index is 0.198. The quantitative estimate of drug-likeness (QED) is 0.751. The Kier molecular flexibility index (Phi) is 5.81. The Morgan fingerprint density at radius 1 is 1.15 bits per heavy atom. The average Bonchev–Trinajstić information content (AvgIpc) is 2.53. The molecule has 2 nitrogen and oxygen atoms in total. The largest absolute Gasteiger partial charge is 0.348 e. The van der Waals surface area contributed by atoms with Crippen molar-refractivity contribution < 1.29 is 9.47 Å².